The first-order chi connectivity index (χ1) is 7.09. The number of rotatable bonds is 6. The Hall–Kier alpha value is 0.580. The minimum atomic E-state index is 0.567. The molecule has 86 valence electrons. The molecule has 2 N–H and O–H groups in total. The van der Waals surface area contributed by atoms with Gasteiger partial charge in [0.1, 0.15) is 0 Å². The van der Waals surface area contributed by atoms with Crippen LogP contribution >= 0.6 is 43.2 Å². The molecule has 0 aromatic carbocycles. The summed E-state index contributed by atoms with van der Waals surface area (Å²) in [7, 11) is 0. The smallest absolute Gasteiger partial charge is 0.0843 e. The van der Waals surface area contributed by atoms with Crippen LogP contribution in [0.3, 0.4) is 0 Å². The first-order valence-electron chi connectivity index (χ1n) is 4.97. The molecule has 1 heterocycles. The number of hydrogen-bond donors (Lipinski definition) is 2. The minimum absolute atomic E-state index is 0.567. The molecule has 0 radical (unpaired) electrons. The number of halogens is 2. The molecule has 1 aromatic rings. The summed E-state index contributed by atoms with van der Waals surface area (Å²) in [5.74, 6) is 0. The lowest BCUT2D eigenvalue weighted by atomic mass is 10.4. The maximum absolute atomic E-state index is 3.49. The monoisotopic (exact) mass is 354 g/mol. The van der Waals surface area contributed by atoms with E-state index in [9.17, 15) is 0 Å². The van der Waals surface area contributed by atoms with Crippen molar-refractivity contribution in [1.29, 1.82) is 0 Å². The second kappa shape index (κ2) is 7.01. The molecular formula is C10H16Br2N2S. The van der Waals surface area contributed by atoms with Crippen LogP contribution in [0.2, 0.25) is 0 Å². The zero-order valence-corrected chi connectivity index (χ0v) is 12.9. The number of nitrogens with one attached hydrogen (secondary N) is 2. The molecule has 1 aromatic heterocycles. The van der Waals surface area contributed by atoms with E-state index < -0.39 is 0 Å². The van der Waals surface area contributed by atoms with Gasteiger partial charge in [-0.05, 0) is 37.9 Å². The van der Waals surface area contributed by atoms with Gasteiger partial charge >= 0.3 is 0 Å². The predicted molar refractivity (Wildman–Crippen MR) is 74.6 cm³/mol. The lowest BCUT2D eigenvalue weighted by molar-refractivity contribution is 0.557. The summed E-state index contributed by atoms with van der Waals surface area (Å²) in [5, 5.41) is 6.77. The first-order valence-corrected chi connectivity index (χ1v) is 7.37. The van der Waals surface area contributed by atoms with Crippen molar-refractivity contribution in [2.45, 2.75) is 26.4 Å². The lowest BCUT2D eigenvalue weighted by Crippen LogP contribution is -2.31. The normalized spacial score (nSPS) is 11.3. The van der Waals surface area contributed by atoms with Gasteiger partial charge in [-0.15, -0.1) is 11.3 Å². The van der Waals surface area contributed by atoms with Gasteiger partial charge in [0.25, 0.3) is 0 Å². The standard InChI is InChI=1S/C10H16Br2N2S/c1-7(2)14-4-3-13-6-8-5-9(11)10(12)15-8/h5,7,13-14H,3-4,6H2,1-2H3. The predicted octanol–water partition coefficient (Wildman–Crippen LogP) is 3.36. The fraction of sp³-hybridized carbons (Fsp3) is 0.600. The molecule has 0 spiro atoms. The topological polar surface area (TPSA) is 24.1 Å². The Kier molecular flexibility index (Phi) is 6.38. The summed E-state index contributed by atoms with van der Waals surface area (Å²) in [6, 6.07) is 2.72. The van der Waals surface area contributed by atoms with E-state index in [0.29, 0.717) is 6.04 Å². The van der Waals surface area contributed by atoms with Gasteiger partial charge in [-0.2, -0.15) is 0 Å². The summed E-state index contributed by atoms with van der Waals surface area (Å²) < 4.78 is 2.31. The molecule has 0 fully saturated rings. The molecular weight excluding hydrogens is 340 g/mol. The van der Waals surface area contributed by atoms with Gasteiger partial charge < -0.3 is 10.6 Å². The van der Waals surface area contributed by atoms with Gasteiger partial charge in [0, 0.05) is 35.0 Å². The van der Waals surface area contributed by atoms with E-state index in [0.717, 1.165) is 24.1 Å². The van der Waals surface area contributed by atoms with E-state index in [4.69, 9.17) is 0 Å². The SMILES string of the molecule is CC(C)NCCNCc1cc(Br)c(Br)s1. The maximum atomic E-state index is 3.49. The quantitative estimate of drug-likeness (QED) is 0.764. The van der Waals surface area contributed by atoms with Crippen molar-refractivity contribution in [3.8, 4) is 0 Å². The summed E-state index contributed by atoms with van der Waals surface area (Å²) in [6.45, 7) is 7.28. The van der Waals surface area contributed by atoms with Crippen LogP contribution in [-0.4, -0.2) is 19.1 Å². The van der Waals surface area contributed by atoms with Crippen molar-refractivity contribution >= 4 is 43.2 Å². The Labute approximate surface area is 112 Å². The average Bonchev–Trinajstić information content (AvgIpc) is 2.45. The van der Waals surface area contributed by atoms with Gasteiger partial charge in [-0.25, -0.2) is 0 Å². The van der Waals surface area contributed by atoms with E-state index in [1.165, 1.54) is 8.66 Å². The number of hydrogen-bond acceptors (Lipinski definition) is 3. The van der Waals surface area contributed by atoms with Gasteiger partial charge in [0.2, 0.25) is 0 Å². The second-order valence-corrected chi connectivity index (χ2v) is 6.93. The molecule has 0 amide bonds. The van der Waals surface area contributed by atoms with Crippen LogP contribution < -0.4 is 10.6 Å². The summed E-state index contributed by atoms with van der Waals surface area (Å²) in [6.07, 6.45) is 0. The molecule has 2 nitrogen and oxygen atoms in total. The fourth-order valence-electron chi connectivity index (χ4n) is 1.14. The fourth-order valence-corrected chi connectivity index (χ4v) is 3.29. The third-order valence-electron chi connectivity index (χ3n) is 1.85. The molecule has 0 saturated heterocycles. The molecule has 0 bridgehead atoms. The Morgan fingerprint density at radius 1 is 1.33 bits per heavy atom. The molecule has 1 rings (SSSR count). The molecule has 0 aliphatic heterocycles. The van der Waals surface area contributed by atoms with Gasteiger partial charge in [-0.3, -0.25) is 0 Å². The van der Waals surface area contributed by atoms with Crippen molar-refractivity contribution in [3.63, 3.8) is 0 Å². The zero-order valence-electron chi connectivity index (χ0n) is 8.94. The van der Waals surface area contributed by atoms with Gasteiger partial charge in [-0.1, -0.05) is 13.8 Å². The van der Waals surface area contributed by atoms with Crippen molar-refractivity contribution in [3.05, 3.63) is 19.2 Å². The molecule has 0 unspecified atom stereocenters. The van der Waals surface area contributed by atoms with Crippen LogP contribution in [0, 0.1) is 0 Å². The summed E-state index contributed by atoms with van der Waals surface area (Å²) in [5.41, 5.74) is 0. The van der Waals surface area contributed by atoms with Gasteiger partial charge in [0.15, 0.2) is 0 Å². The molecule has 5 heteroatoms. The van der Waals surface area contributed by atoms with Crippen molar-refractivity contribution in [2.24, 2.45) is 0 Å². The average molecular weight is 356 g/mol. The highest BCUT2D eigenvalue weighted by molar-refractivity contribution is 9.13. The highest BCUT2D eigenvalue weighted by Gasteiger charge is 2.03. The Bertz CT molecular complexity index is 280. The maximum Gasteiger partial charge on any atom is 0.0843 e. The van der Waals surface area contributed by atoms with E-state index >= 15 is 0 Å². The summed E-state index contributed by atoms with van der Waals surface area (Å²) in [4.78, 5) is 1.35. The van der Waals surface area contributed by atoms with Crippen LogP contribution in [0.25, 0.3) is 0 Å². The van der Waals surface area contributed by atoms with E-state index in [2.05, 4.69) is 62.4 Å². The first kappa shape index (κ1) is 13.6. The Morgan fingerprint density at radius 3 is 2.60 bits per heavy atom. The van der Waals surface area contributed by atoms with E-state index in [1.807, 2.05) is 0 Å². The molecule has 0 aliphatic carbocycles. The largest absolute Gasteiger partial charge is 0.313 e. The number of thiophene rings is 1. The van der Waals surface area contributed by atoms with Gasteiger partial charge in [0.05, 0.1) is 3.79 Å². The zero-order chi connectivity index (χ0) is 11.3. The van der Waals surface area contributed by atoms with Crippen LogP contribution in [0.15, 0.2) is 14.3 Å². The molecule has 0 atom stereocenters. The highest BCUT2D eigenvalue weighted by atomic mass is 79.9. The second-order valence-electron chi connectivity index (χ2n) is 3.62. The van der Waals surface area contributed by atoms with Crippen molar-refractivity contribution in [1.82, 2.24) is 10.6 Å². The Morgan fingerprint density at radius 2 is 2.07 bits per heavy atom. The Balaban J connectivity index is 2.15. The van der Waals surface area contributed by atoms with Crippen molar-refractivity contribution in [2.75, 3.05) is 13.1 Å². The third-order valence-corrected chi connectivity index (χ3v) is 5.11. The minimum Gasteiger partial charge on any atom is -0.313 e. The van der Waals surface area contributed by atoms with Crippen LogP contribution in [0.4, 0.5) is 0 Å². The summed E-state index contributed by atoms with van der Waals surface area (Å²) >= 11 is 8.74. The van der Waals surface area contributed by atoms with Crippen molar-refractivity contribution < 1.29 is 0 Å². The molecule has 0 saturated carbocycles. The lowest BCUT2D eigenvalue weighted by Gasteiger charge is -2.08. The van der Waals surface area contributed by atoms with Crippen LogP contribution in [-0.2, 0) is 6.54 Å². The van der Waals surface area contributed by atoms with Crippen LogP contribution in [0.5, 0.6) is 0 Å². The van der Waals surface area contributed by atoms with E-state index in [1.54, 1.807) is 11.3 Å². The molecule has 15 heavy (non-hydrogen) atoms. The molecule has 0 aliphatic rings. The third kappa shape index (κ3) is 5.45. The van der Waals surface area contributed by atoms with Crippen LogP contribution in [0.1, 0.15) is 18.7 Å². The van der Waals surface area contributed by atoms with E-state index in [-0.39, 0.29) is 0 Å². The highest BCUT2D eigenvalue weighted by Crippen LogP contribution is 2.32.